The molecule has 0 spiro atoms. The Labute approximate surface area is 62.4 Å². The van der Waals surface area contributed by atoms with Crippen LogP contribution in [0.3, 0.4) is 0 Å². The van der Waals surface area contributed by atoms with Gasteiger partial charge in [-0.05, 0) is 12.8 Å². The second kappa shape index (κ2) is 6.60. The maximum absolute atomic E-state index is 8.44. The molecule has 0 bridgehead atoms. The van der Waals surface area contributed by atoms with Gasteiger partial charge in [-0.15, -0.1) is 5.92 Å². The van der Waals surface area contributed by atoms with Gasteiger partial charge in [0.2, 0.25) is 0 Å². The number of rotatable bonds is 3. The van der Waals surface area contributed by atoms with Gasteiger partial charge in [0.15, 0.2) is 0 Å². The van der Waals surface area contributed by atoms with Crippen LogP contribution in [0.5, 0.6) is 0 Å². The predicted molar refractivity (Wildman–Crippen MR) is 42.4 cm³/mol. The molecule has 3 N–H and O–H groups in total. The fourth-order valence-corrected chi connectivity index (χ4v) is 0.617. The molecule has 2 heteroatoms. The van der Waals surface area contributed by atoms with Crippen LogP contribution in [0.15, 0.2) is 0 Å². The minimum Gasteiger partial charge on any atom is -0.396 e. The Kier molecular flexibility index (Phi) is 6.25. The van der Waals surface area contributed by atoms with Gasteiger partial charge in [-0.1, -0.05) is 12.8 Å². The second-order valence-corrected chi connectivity index (χ2v) is 2.15. The minimum atomic E-state index is -0.0490. The fourth-order valence-electron chi connectivity index (χ4n) is 0.617. The van der Waals surface area contributed by atoms with Crippen molar-refractivity contribution in [3.63, 3.8) is 0 Å². The number of nitrogens with two attached hydrogens (primary N) is 1. The molecule has 0 unspecified atom stereocenters. The molecule has 2 nitrogen and oxygen atoms in total. The molecule has 0 aromatic carbocycles. The normalized spacial score (nSPS) is 11.9. The third-order valence-corrected chi connectivity index (χ3v) is 1.14. The molecule has 58 valence electrons. The van der Waals surface area contributed by atoms with Gasteiger partial charge >= 0.3 is 0 Å². The molecule has 0 saturated heterocycles. The van der Waals surface area contributed by atoms with Crippen LogP contribution in [0.1, 0.15) is 26.2 Å². The van der Waals surface area contributed by atoms with Gasteiger partial charge in [0.25, 0.3) is 0 Å². The topological polar surface area (TPSA) is 46.2 Å². The first kappa shape index (κ1) is 9.48. The third kappa shape index (κ3) is 5.61. The largest absolute Gasteiger partial charge is 0.396 e. The number of hydrogen-bond donors (Lipinski definition) is 2. The molecule has 0 aliphatic carbocycles. The van der Waals surface area contributed by atoms with Crippen molar-refractivity contribution < 1.29 is 5.11 Å². The summed E-state index contributed by atoms with van der Waals surface area (Å²) < 4.78 is 0. The maximum atomic E-state index is 8.44. The summed E-state index contributed by atoms with van der Waals surface area (Å²) in [6.45, 7) is 2.20. The maximum Gasteiger partial charge on any atom is 0.0665 e. The van der Waals surface area contributed by atoms with E-state index in [1.807, 2.05) is 6.92 Å². The van der Waals surface area contributed by atoms with E-state index in [4.69, 9.17) is 10.8 Å². The highest BCUT2D eigenvalue weighted by Gasteiger charge is 1.94. The van der Waals surface area contributed by atoms with Gasteiger partial charge in [-0.25, -0.2) is 0 Å². The number of hydrogen-bond acceptors (Lipinski definition) is 2. The van der Waals surface area contributed by atoms with Crippen molar-refractivity contribution in [1.29, 1.82) is 0 Å². The lowest BCUT2D eigenvalue weighted by molar-refractivity contribution is 0.283. The molecule has 1 atom stereocenters. The zero-order valence-corrected chi connectivity index (χ0v) is 6.43. The molecular weight excluding hydrogens is 126 g/mol. The van der Waals surface area contributed by atoms with Crippen LogP contribution in [0.2, 0.25) is 0 Å². The van der Waals surface area contributed by atoms with E-state index in [1.165, 1.54) is 0 Å². The van der Waals surface area contributed by atoms with Crippen LogP contribution in [0.4, 0.5) is 0 Å². The first-order chi connectivity index (χ1) is 4.81. The Morgan fingerprint density at radius 3 is 2.80 bits per heavy atom. The summed E-state index contributed by atoms with van der Waals surface area (Å²) in [5.74, 6) is 5.78. The lowest BCUT2D eigenvalue weighted by atomic mass is 10.2. The summed E-state index contributed by atoms with van der Waals surface area (Å²) >= 11 is 0. The van der Waals surface area contributed by atoms with Crippen molar-refractivity contribution >= 4 is 0 Å². The molecule has 0 aromatic rings. The summed E-state index contributed by atoms with van der Waals surface area (Å²) in [5, 5.41) is 8.44. The lowest BCUT2D eigenvalue weighted by Crippen LogP contribution is -2.17. The summed E-state index contributed by atoms with van der Waals surface area (Å²) in [4.78, 5) is 0. The molecule has 0 rings (SSSR count). The zero-order valence-electron chi connectivity index (χ0n) is 6.43. The Morgan fingerprint density at radius 1 is 1.60 bits per heavy atom. The van der Waals surface area contributed by atoms with Gasteiger partial charge < -0.3 is 10.8 Å². The Bertz CT molecular complexity index is 123. The van der Waals surface area contributed by atoms with E-state index in [1.54, 1.807) is 0 Å². The van der Waals surface area contributed by atoms with E-state index in [9.17, 15) is 0 Å². The molecular formula is C8H15NO. The fraction of sp³-hybridized carbons (Fsp3) is 0.750. The third-order valence-electron chi connectivity index (χ3n) is 1.14. The Balaban J connectivity index is 3.33. The zero-order chi connectivity index (χ0) is 7.82. The van der Waals surface area contributed by atoms with Crippen LogP contribution < -0.4 is 5.73 Å². The highest BCUT2D eigenvalue weighted by Crippen LogP contribution is 1.90. The molecule has 0 aromatic heterocycles. The minimum absolute atomic E-state index is 0.0490. The second-order valence-electron chi connectivity index (χ2n) is 2.15. The molecule has 0 saturated carbocycles. The molecule has 0 fully saturated rings. The van der Waals surface area contributed by atoms with Crippen LogP contribution in [0, 0.1) is 11.8 Å². The van der Waals surface area contributed by atoms with Crippen molar-refractivity contribution in [2.75, 3.05) is 6.61 Å². The van der Waals surface area contributed by atoms with E-state index in [0.29, 0.717) is 0 Å². The molecule has 10 heavy (non-hydrogen) atoms. The average molecular weight is 141 g/mol. The molecule has 0 aliphatic heterocycles. The highest BCUT2D eigenvalue weighted by molar-refractivity contribution is 5.05. The van der Waals surface area contributed by atoms with E-state index in [2.05, 4.69) is 11.8 Å². The predicted octanol–water partition coefficient (Wildman–Crippen LogP) is 0.500. The van der Waals surface area contributed by atoms with Crippen molar-refractivity contribution in [2.45, 2.75) is 32.2 Å². The first-order valence-electron chi connectivity index (χ1n) is 3.66. The monoisotopic (exact) mass is 141 g/mol. The summed E-state index contributed by atoms with van der Waals surface area (Å²) in [7, 11) is 0. The van der Waals surface area contributed by atoms with Gasteiger partial charge in [-0.3, -0.25) is 0 Å². The standard InChI is InChI=1S/C8H15NO/c1-2-3-5-8(9)6-4-7-10/h8,10H,2,4,6-7,9H2,1H3/t8-/m1/s1. The SMILES string of the molecule is CCC#C[C@@H](N)CCCO. The lowest BCUT2D eigenvalue weighted by Gasteiger charge is -1.99. The van der Waals surface area contributed by atoms with Gasteiger partial charge in [0, 0.05) is 13.0 Å². The van der Waals surface area contributed by atoms with Gasteiger partial charge in [-0.2, -0.15) is 0 Å². The molecule has 0 radical (unpaired) electrons. The number of aliphatic hydroxyl groups is 1. The van der Waals surface area contributed by atoms with Crippen molar-refractivity contribution in [3.8, 4) is 11.8 Å². The summed E-state index contributed by atoms with van der Waals surface area (Å²) in [6.07, 6.45) is 2.40. The molecule has 0 aliphatic rings. The Morgan fingerprint density at radius 2 is 2.30 bits per heavy atom. The molecule has 0 amide bonds. The van der Waals surface area contributed by atoms with Crippen LogP contribution >= 0.6 is 0 Å². The first-order valence-corrected chi connectivity index (χ1v) is 3.66. The summed E-state index contributed by atoms with van der Waals surface area (Å²) in [6, 6.07) is -0.0490. The van der Waals surface area contributed by atoms with E-state index in [0.717, 1.165) is 19.3 Å². The highest BCUT2D eigenvalue weighted by atomic mass is 16.2. The Hall–Kier alpha value is -0.520. The van der Waals surface area contributed by atoms with E-state index >= 15 is 0 Å². The quantitative estimate of drug-likeness (QED) is 0.562. The van der Waals surface area contributed by atoms with E-state index in [-0.39, 0.29) is 12.6 Å². The van der Waals surface area contributed by atoms with Gasteiger partial charge in [0.05, 0.1) is 6.04 Å². The van der Waals surface area contributed by atoms with Crippen molar-refractivity contribution in [1.82, 2.24) is 0 Å². The van der Waals surface area contributed by atoms with E-state index < -0.39 is 0 Å². The number of aliphatic hydroxyl groups excluding tert-OH is 1. The van der Waals surface area contributed by atoms with Crippen molar-refractivity contribution in [3.05, 3.63) is 0 Å². The van der Waals surface area contributed by atoms with Crippen LogP contribution in [-0.4, -0.2) is 17.8 Å². The summed E-state index contributed by atoms with van der Waals surface area (Å²) in [5.41, 5.74) is 5.56. The smallest absolute Gasteiger partial charge is 0.0665 e. The van der Waals surface area contributed by atoms with Crippen molar-refractivity contribution in [2.24, 2.45) is 5.73 Å². The molecule has 0 heterocycles. The van der Waals surface area contributed by atoms with Crippen LogP contribution in [-0.2, 0) is 0 Å². The average Bonchev–Trinajstić information content (AvgIpc) is 1.97. The van der Waals surface area contributed by atoms with Gasteiger partial charge in [0.1, 0.15) is 0 Å². The van der Waals surface area contributed by atoms with Crippen LogP contribution in [0.25, 0.3) is 0 Å².